The molecule has 6 nitrogen and oxygen atoms in total. The Bertz CT molecular complexity index is 542. The molecule has 0 aliphatic carbocycles. The van der Waals surface area contributed by atoms with Gasteiger partial charge >= 0.3 is 0 Å². The van der Waals surface area contributed by atoms with Crippen LogP contribution in [0.5, 0.6) is 0 Å². The molecule has 3 rings (SSSR count). The Morgan fingerprint density at radius 3 is 2.74 bits per heavy atom. The van der Waals surface area contributed by atoms with Gasteiger partial charge in [0, 0.05) is 51.2 Å². The Morgan fingerprint density at radius 2 is 2.04 bits per heavy atom. The molecule has 1 aromatic heterocycles. The number of aromatic nitrogens is 2. The number of likely N-dealkylation sites (N-methyl/N-ethyl adjacent to an activating group) is 1. The van der Waals surface area contributed by atoms with Gasteiger partial charge in [-0.05, 0) is 32.4 Å². The second-order valence-corrected chi connectivity index (χ2v) is 6.54. The first kappa shape index (κ1) is 16.2. The largest absolute Gasteiger partial charge is 0.340 e. The number of piperazine rings is 1. The van der Waals surface area contributed by atoms with Gasteiger partial charge < -0.3 is 14.7 Å². The van der Waals surface area contributed by atoms with Crippen molar-refractivity contribution in [2.24, 2.45) is 5.92 Å². The van der Waals surface area contributed by atoms with E-state index in [0.717, 1.165) is 70.3 Å². The summed E-state index contributed by atoms with van der Waals surface area (Å²) in [5.74, 6) is 1.16. The summed E-state index contributed by atoms with van der Waals surface area (Å²) in [7, 11) is 0. The Morgan fingerprint density at radius 1 is 1.26 bits per heavy atom. The van der Waals surface area contributed by atoms with Gasteiger partial charge in [-0.15, -0.1) is 0 Å². The van der Waals surface area contributed by atoms with Gasteiger partial charge in [0.1, 0.15) is 0 Å². The molecule has 2 aliphatic heterocycles. The first-order valence-electron chi connectivity index (χ1n) is 8.73. The minimum absolute atomic E-state index is 0.0843. The highest BCUT2D eigenvalue weighted by molar-refractivity contribution is 5.79. The van der Waals surface area contributed by atoms with Crippen LogP contribution in [-0.4, -0.2) is 71.5 Å². The van der Waals surface area contributed by atoms with E-state index in [9.17, 15) is 4.79 Å². The molecule has 6 heteroatoms. The molecule has 1 amide bonds. The number of carbonyl (C=O) groups excluding carboxylic acids is 1. The Labute approximate surface area is 138 Å². The molecule has 0 saturated carbocycles. The third kappa shape index (κ3) is 3.80. The maximum Gasteiger partial charge on any atom is 0.227 e. The maximum atomic E-state index is 12.8. The van der Waals surface area contributed by atoms with E-state index in [-0.39, 0.29) is 5.92 Å². The van der Waals surface area contributed by atoms with Gasteiger partial charge in [-0.1, -0.05) is 6.92 Å². The molecule has 2 aliphatic rings. The van der Waals surface area contributed by atoms with Crippen LogP contribution >= 0.6 is 0 Å². The number of amides is 1. The molecule has 2 fully saturated rings. The van der Waals surface area contributed by atoms with Crippen LogP contribution in [0.3, 0.4) is 0 Å². The molecule has 1 atom stereocenters. The van der Waals surface area contributed by atoms with E-state index in [1.54, 1.807) is 6.20 Å². The molecule has 23 heavy (non-hydrogen) atoms. The van der Waals surface area contributed by atoms with Crippen molar-refractivity contribution in [3.8, 4) is 0 Å². The number of rotatable bonds is 3. The van der Waals surface area contributed by atoms with Gasteiger partial charge in [0.15, 0.2) is 0 Å². The zero-order chi connectivity index (χ0) is 16.2. The third-order valence-corrected chi connectivity index (χ3v) is 4.97. The van der Waals surface area contributed by atoms with E-state index in [4.69, 9.17) is 0 Å². The van der Waals surface area contributed by atoms with Crippen LogP contribution in [0.4, 0.5) is 5.95 Å². The summed E-state index contributed by atoms with van der Waals surface area (Å²) < 4.78 is 0. The van der Waals surface area contributed by atoms with E-state index in [1.165, 1.54) is 0 Å². The van der Waals surface area contributed by atoms with Crippen LogP contribution in [0.15, 0.2) is 12.3 Å². The molecule has 0 unspecified atom stereocenters. The average Bonchev–Trinajstić information content (AvgIpc) is 2.61. The molecular weight excluding hydrogens is 290 g/mol. The molecule has 0 bridgehead atoms. The lowest BCUT2D eigenvalue weighted by Crippen LogP contribution is -2.52. The lowest BCUT2D eigenvalue weighted by Gasteiger charge is -2.38. The third-order valence-electron chi connectivity index (χ3n) is 4.97. The highest BCUT2D eigenvalue weighted by Crippen LogP contribution is 2.22. The highest BCUT2D eigenvalue weighted by atomic mass is 16.2. The summed E-state index contributed by atoms with van der Waals surface area (Å²) in [4.78, 5) is 28.3. The van der Waals surface area contributed by atoms with Crippen molar-refractivity contribution in [1.29, 1.82) is 0 Å². The number of nitrogens with zero attached hydrogens (tertiary/aromatic N) is 5. The van der Waals surface area contributed by atoms with Crippen molar-refractivity contribution in [2.45, 2.75) is 26.7 Å². The van der Waals surface area contributed by atoms with Crippen LogP contribution in [0.25, 0.3) is 0 Å². The van der Waals surface area contributed by atoms with Crippen molar-refractivity contribution in [3.05, 3.63) is 18.0 Å². The summed E-state index contributed by atoms with van der Waals surface area (Å²) >= 11 is 0. The Kier molecular flexibility index (Phi) is 5.10. The van der Waals surface area contributed by atoms with E-state index in [2.05, 4.69) is 31.6 Å². The normalized spacial score (nSPS) is 23.1. The van der Waals surface area contributed by atoms with E-state index in [0.29, 0.717) is 5.91 Å². The van der Waals surface area contributed by atoms with Gasteiger partial charge in [0.05, 0.1) is 5.92 Å². The first-order valence-corrected chi connectivity index (χ1v) is 8.73. The Balaban J connectivity index is 1.61. The zero-order valence-corrected chi connectivity index (χ0v) is 14.2. The average molecular weight is 317 g/mol. The minimum Gasteiger partial charge on any atom is -0.340 e. The van der Waals surface area contributed by atoms with Crippen molar-refractivity contribution >= 4 is 11.9 Å². The van der Waals surface area contributed by atoms with Gasteiger partial charge in [-0.2, -0.15) is 0 Å². The van der Waals surface area contributed by atoms with Gasteiger partial charge in [-0.25, -0.2) is 9.97 Å². The van der Waals surface area contributed by atoms with Gasteiger partial charge in [0.25, 0.3) is 0 Å². The molecule has 2 saturated heterocycles. The molecule has 126 valence electrons. The smallest absolute Gasteiger partial charge is 0.227 e. The SMILES string of the molecule is CCN1CCN(C(=O)[C@H]2CCCN(c3nccc(C)n3)C2)CC1. The molecule has 0 aromatic carbocycles. The fourth-order valence-corrected chi connectivity index (χ4v) is 3.49. The van der Waals surface area contributed by atoms with Crippen molar-refractivity contribution in [1.82, 2.24) is 19.8 Å². The Hall–Kier alpha value is -1.69. The molecular formula is C17H27N5O. The van der Waals surface area contributed by atoms with Gasteiger partial charge in [0.2, 0.25) is 11.9 Å². The van der Waals surface area contributed by atoms with Crippen LogP contribution in [0.1, 0.15) is 25.5 Å². The number of aryl methyl sites for hydroxylation is 1. The highest BCUT2D eigenvalue weighted by Gasteiger charge is 2.31. The summed E-state index contributed by atoms with van der Waals surface area (Å²) in [5, 5.41) is 0. The monoisotopic (exact) mass is 317 g/mol. The van der Waals surface area contributed by atoms with E-state index in [1.807, 2.05) is 13.0 Å². The van der Waals surface area contributed by atoms with Crippen molar-refractivity contribution < 1.29 is 4.79 Å². The zero-order valence-electron chi connectivity index (χ0n) is 14.2. The molecule has 1 aromatic rings. The van der Waals surface area contributed by atoms with Crippen molar-refractivity contribution in [2.75, 3.05) is 50.7 Å². The molecule has 0 spiro atoms. The molecule has 0 radical (unpaired) electrons. The predicted octanol–water partition coefficient (Wildman–Crippen LogP) is 1.17. The van der Waals surface area contributed by atoms with E-state index < -0.39 is 0 Å². The van der Waals surface area contributed by atoms with Gasteiger partial charge in [-0.3, -0.25) is 4.79 Å². The van der Waals surface area contributed by atoms with Crippen LogP contribution in [-0.2, 0) is 4.79 Å². The van der Waals surface area contributed by atoms with Crippen molar-refractivity contribution in [3.63, 3.8) is 0 Å². The maximum absolute atomic E-state index is 12.8. The van der Waals surface area contributed by atoms with Crippen LogP contribution in [0, 0.1) is 12.8 Å². The lowest BCUT2D eigenvalue weighted by atomic mass is 9.96. The topological polar surface area (TPSA) is 52.6 Å². The van der Waals surface area contributed by atoms with Crippen LogP contribution in [0.2, 0.25) is 0 Å². The second kappa shape index (κ2) is 7.25. The fraction of sp³-hybridized carbons (Fsp3) is 0.706. The first-order chi connectivity index (χ1) is 11.2. The van der Waals surface area contributed by atoms with Crippen LogP contribution < -0.4 is 4.90 Å². The molecule has 0 N–H and O–H groups in total. The molecule has 3 heterocycles. The minimum atomic E-state index is 0.0843. The number of piperidine rings is 1. The second-order valence-electron chi connectivity index (χ2n) is 6.54. The predicted molar refractivity (Wildman–Crippen MR) is 90.4 cm³/mol. The summed E-state index contributed by atoms with van der Waals surface area (Å²) in [5.41, 5.74) is 0.971. The standard InChI is InChI=1S/C17H27N5O/c1-3-20-9-11-21(12-10-20)16(23)15-5-4-8-22(13-15)17-18-7-6-14(2)19-17/h6-7,15H,3-5,8-13H2,1-2H3/t15-/m0/s1. The number of anilines is 1. The summed E-state index contributed by atoms with van der Waals surface area (Å²) in [6, 6.07) is 1.91. The summed E-state index contributed by atoms with van der Waals surface area (Å²) in [6.45, 7) is 10.6. The lowest BCUT2D eigenvalue weighted by molar-refractivity contribution is -0.137. The quantitative estimate of drug-likeness (QED) is 0.837. The summed E-state index contributed by atoms with van der Waals surface area (Å²) in [6.07, 6.45) is 3.81. The van der Waals surface area contributed by atoms with E-state index >= 15 is 0 Å². The fourth-order valence-electron chi connectivity index (χ4n) is 3.49. The number of carbonyl (C=O) groups is 1. The number of hydrogen-bond acceptors (Lipinski definition) is 5. The number of hydrogen-bond donors (Lipinski definition) is 0.